The molecule has 1 aliphatic rings. The summed E-state index contributed by atoms with van der Waals surface area (Å²) in [6, 6.07) is 6.01. The summed E-state index contributed by atoms with van der Waals surface area (Å²) in [7, 11) is 0. The minimum Gasteiger partial charge on any atom is -0.335 e. The van der Waals surface area contributed by atoms with Crippen LogP contribution in [0.25, 0.3) is 50.7 Å². The van der Waals surface area contributed by atoms with E-state index in [-0.39, 0.29) is 13.0 Å². The smallest absolute Gasteiger partial charge is 0.261 e. The fraction of sp³-hybridized carbons (Fsp3) is 0.214. The predicted molar refractivity (Wildman–Crippen MR) is 147 cm³/mol. The van der Waals surface area contributed by atoms with Crippen molar-refractivity contribution in [3.05, 3.63) is 76.6 Å². The maximum Gasteiger partial charge on any atom is 0.261 e. The Kier molecular flexibility index (Phi) is 6.21. The normalized spacial score (nSPS) is 16.6. The summed E-state index contributed by atoms with van der Waals surface area (Å²) >= 11 is 1.64. The molecule has 5 aromatic heterocycles. The number of likely N-dealkylation sites (tertiary alicyclic amines) is 1. The van der Waals surface area contributed by atoms with E-state index in [9.17, 15) is 8.78 Å². The van der Waals surface area contributed by atoms with E-state index >= 15 is 0 Å². The zero-order valence-electron chi connectivity index (χ0n) is 20.7. The highest BCUT2D eigenvalue weighted by atomic mass is 32.1. The molecular weight excluding hydrogens is 504 g/mol. The van der Waals surface area contributed by atoms with Crippen LogP contribution in [0.5, 0.6) is 0 Å². The first kappa shape index (κ1) is 24.3. The summed E-state index contributed by atoms with van der Waals surface area (Å²) in [5, 5.41) is 11.4. The van der Waals surface area contributed by atoms with Crippen molar-refractivity contribution in [2.45, 2.75) is 25.8 Å². The molecule has 10 heteroatoms. The number of allylic oxidation sites excluding steroid dienone is 1. The average Bonchev–Trinajstić information content (AvgIpc) is 3.70. The first-order valence-corrected chi connectivity index (χ1v) is 13.1. The van der Waals surface area contributed by atoms with Crippen molar-refractivity contribution in [1.29, 1.82) is 0 Å². The van der Waals surface area contributed by atoms with E-state index in [0.29, 0.717) is 24.6 Å². The van der Waals surface area contributed by atoms with Crippen molar-refractivity contribution < 1.29 is 8.78 Å². The lowest BCUT2D eigenvalue weighted by Gasteiger charge is -2.15. The summed E-state index contributed by atoms with van der Waals surface area (Å²) in [5.74, 6) is -2.00. The standard InChI is InChI=1S/C28H25F2N7S/c1-3-22-20(9-17(2)19-10-18(11-31-12-19)15-37-7-6-28(29,30)16-37)26(36-35-22)27-33-23-14-32-13-21(25(23)34-27)24-5-4-8-38-24/h3-5,8-14,35H,2,6-7,15-16H2,1H3,(H,33,34)/b20-9+,22-3+. The minimum atomic E-state index is -2.62. The second-order valence-corrected chi connectivity index (χ2v) is 10.3. The van der Waals surface area contributed by atoms with Gasteiger partial charge in [-0.3, -0.25) is 20.0 Å². The zero-order chi connectivity index (χ0) is 26.3. The van der Waals surface area contributed by atoms with Gasteiger partial charge in [0.15, 0.2) is 5.82 Å². The van der Waals surface area contributed by atoms with Crippen LogP contribution in [0.3, 0.4) is 0 Å². The highest BCUT2D eigenvalue weighted by molar-refractivity contribution is 7.13. The molecule has 2 N–H and O–H groups in total. The van der Waals surface area contributed by atoms with Crippen LogP contribution in [0, 0.1) is 0 Å². The van der Waals surface area contributed by atoms with Crippen molar-refractivity contribution in [3.63, 3.8) is 0 Å². The summed E-state index contributed by atoms with van der Waals surface area (Å²) < 4.78 is 27.3. The Morgan fingerprint density at radius 3 is 2.87 bits per heavy atom. The molecule has 0 aliphatic carbocycles. The van der Waals surface area contributed by atoms with E-state index in [1.165, 1.54) is 0 Å². The van der Waals surface area contributed by atoms with E-state index in [0.717, 1.165) is 48.7 Å². The van der Waals surface area contributed by atoms with Gasteiger partial charge in [-0.15, -0.1) is 11.3 Å². The Morgan fingerprint density at radius 2 is 2.11 bits per heavy atom. The number of halogens is 2. The molecule has 1 aliphatic heterocycles. The fourth-order valence-electron chi connectivity index (χ4n) is 4.78. The Hall–Kier alpha value is -4.02. The number of imidazole rings is 1. The number of hydrogen-bond donors (Lipinski definition) is 2. The first-order chi connectivity index (χ1) is 18.4. The number of aromatic nitrogens is 6. The van der Waals surface area contributed by atoms with Crippen molar-refractivity contribution in [2.24, 2.45) is 0 Å². The predicted octanol–water partition coefficient (Wildman–Crippen LogP) is 4.61. The number of thiophene rings is 1. The van der Waals surface area contributed by atoms with Gasteiger partial charge in [0.2, 0.25) is 0 Å². The molecule has 0 aromatic carbocycles. The number of rotatable bonds is 6. The third-order valence-corrected chi connectivity index (χ3v) is 7.57. The highest BCUT2D eigenvalue weighted by Crippen LogP contribution is 2.31. The van der Waals surface area contributed by atoms with Crippen LogP contribution in [0.15, 0.2) is 54.9 Å². The van der Waals surface area contributed by atoms with Gasteiger partial charge in [0, 0.05) is 53.8 Å². The molecule has 5 aromatic rings. The molecule has 38 heavy (non-hydrogen) atoms. The Labute approximate surface area is 221 Å². The number of aromatic amines is 2. The zero-order valence-corrected chi connectivity index (χ0v) is 21.5. The van der Waals surface area contributed by atoms with Crippen LogP contribution < -0.4 is 10.6 Å². The third kappa shape index (κ3) is 4.68. The highest BCUT2D eigenvalue weighted by Gasteiger charge is 2.37. The van der Waals surface area contributed by atoms with E-state index in [4.69, 9.17) is 4.98 Å². The van der Waals surface area contributed by atoms with Gasteiger partial charge >= 0.3 is 0 Å². The first-order valence-electron chi connectivity index (χ1n) is 12.2. The SMILES string of the molecule is C=C(/C=c1/c(-c2nc3c(-c4cccs4)cncc3[nH]2)n[nH]/c1=C/C)c1cncc(CN2CCC(F)(F)C2)c1. The van der Waals surface area contributed by atoms with Gasteiger partial charge in [0.25, 0.3) is 5.92 Å². The largest absolute Gasteiger partial charge is 0.335 e. The second-order valence-electron chi connectivity index (χ2n) is 9.40. The number of pyridine rings is 2. The van der Waals surface area contributed by atoms with Gasteiger partial charge < -0.3 is 4.98 Å². The minimum absolute atomic E-state index is 0.104. The summed E-state index contributed by atoms with van der Waals surface area (Å²) in [6.45, 7) is 6.78. The molecule has 0 amide bonds. The molecule has 0 atom stereocenters. The van der Waals surface area contributed by atoms with Crippen LogP contribution in [-0.4, -0.2) is 54.0 Å². The molecule has 0 unspecified atom stereocenters. The quantitative estimate of drug-likeness (QED) is 0.336. The molecule has 1 saturated heterocycles. The topological polar surface area (TPSA) is 86.4 Å². The maximum absolute atomic E-state index is 13.6. The maximum atomic E-state index is 13.6. The lowest BCUT2D eigenvalue weighted by atomic mass is 10.1. The van der Waals surface area contributed by atoms with Crippen molar-refractivity contribution in [3.8, 4) is 22.0 Å². The molecule has 0 spiro atoms. The average molecular weight is 530 g/mol. The monoisotopic (exact) mass is 529 g/mol. The molecule has 0 bridgehead atoms. The third-order valence-electron chi connectivity index (χ3n) is 6.67. The Morgan fingerprint density at radius 1 is 1.24 bits per heavy atom. The van der Waals surface area contributed by atoms with Crippen LogP contribution in [-0.2, 0) is 6.54 Å². The van der Waals surface area contributed by atoms with E-state index in [2.05, 4.69) is 37.8 Å². The Balaban J connectivity index is 1.35. The summed E-state index contributed by atoms with van der Waals surface area (Å²) in [6.07, 6.45) is 10.8. The summed E-state index contributed by atoms with van der Waals surface area (Å²) in [5.41, 5.74) is 5.70. The van der Waals surface area contributed by atoms with Crippen molar-refractivity contribution in [2.75, 3.05) is 13.1 Å². The molecule has 6 rings (SSSR count). The van der Waals surface area contributed by atoms with Gasteiger partial charge in [0.05, 0.1) is 23.6 Å². The van der Waals surface area contributed by atoms with Crippen LogP contribution in [0.2, 0.25) is 0 Å². The number of nitrogens with one attached hydrogen (secondary N) is 2. The van der Waals surface area contributed by atoms with Gasteiger partial charge in [-0.2, -0.15) is 5.10 Å². The molecule has 1 fully saturated rings. The molecule has 192 valence electrons. The van der Waals surface area contributed by atoms with Crippen LogP contribution in [0.1, 0.15) is 24.5 Å². The van der Waals surface area contributed by atoms with Crippen LogP contribution >= 0.6 is 11.3 Å². The lowest BCUT2D eigenvalue weighted by molar-refractivity contribution is 0.0115. The van der Waals surface area contributed by atoms with E-state index in [1.54, 1.807) is 34.8 Å². The molecule has 0 saturated carbocycles. The van der Waals surface area contributed by atoms with Crippen molar-refractivity contribution >= 4 is 40.1 Å². The van der Waals surface area contributed by atoms with Gasteiger partial charge in [-0.25, -0.2) is 13.8 Å². The Bertz CT molecular complexity index is 1750. The second kappa shape index (κ2) is 9.70. The van der Waals surface area contributed by atoms with Crippen LogP contribution in [0.4, 0.5) is 8.78 Å². The van der Waals surface area contributed by atoms with Gasteiger partial charge in [-0.05, 0) is 47.2 Å². The molecule has 6 heterocycles. The molecule has 0 radical (unpaired) electrons. The van der Waals surface area contributed by atoms with Crippen molar-refractivity contribution in [1.82, 2.24) is 35.0 Å². The fourth-order valence-corrected chi connectivity index (χ4v) is 5.51. The lowest BCUT2D eigenvalue weighted by Crippen LogP contribution is -2.25. The number of hydrogen-bond acceptors (Lipinski definition) is 6. The van der Waals surface area contributed by atoms with E-state index in [1.807, 2.05) is 42.8 Å². The van der Waals surface area contributed by atoms with Gasteiger partial charge in [0.1, 0.15) is 11.2 Å². The molecule has 7 nitrogen and oxygen atoms in total. The number of H-pyrrole nitrogens is 2. The number of fused-ring (bicyclic) bond motifs is 1. The summed E-state index contributed by atoms with van der Waals surface area (Å²) in [4.78, 5) is 19.8. The molecular formula is C28H25F2N7S. The number of nitrogens with zero attached hydrogens (tertiary/aromatic N) is 5. The number of alkyl halides is 2. The van der Waals surface area contributed by atoms with Gasteiger partial charge in [-0.1, -0.05) is 18.7 Å². The van der Waals surface area contributed by atoms with E-state index < -0.39 is 5.92 Å².